The van der Waals surface area contributed by atoms with Crippen molar-refractivity contribution in [3.63, 3.8) is 0 Å². The maximum Gasteiger partial charge on any atom is 0.0749 e. The van der Waals surface area contributed by atoms with E-state index in [1.807, 2.05) is 6.08 Å². The molecule has 1 unspecified atom stereocenters. The zero-order valence-corrected chi connectivity index (χ0v) is 6.41. The Bertz CT molecular complexity index is 189. The van der Waals surface area contributed by atoms with Crippen LogP contribution in [0.2, 0.25) is 0 Å². The first-order chi connectivity index (χ1) is 4.83. The van der Waals surface area contributed by atoms with Gasteiger partial charge in [-0.1, -0.05) is 13.0 Å². The minimum absolute atomic E-state index is 0.592. The standard InChI is InChI=1S/C8H12N2/c1-7-3-4-8(6-9-2)10-5-7/h3-4,6-7H,5H2,1-2H3. The molecule has 2 heteroatoms. The van der Waals surface area contributed by atoms with Gasteiger partial charge in [-0.3, -0.25) is 9.98 Å². The predicted octanol–water partition coefficient (Wildman–Crippen LogP) is 1.33. The number of nitrogens with zero attached hydrogens (tertiary/aromatic N) is 2. The van der Waals surface area contributed by atoms with Crippen molar-refractivity contribution >= 4 is 11.9 Å². The van der Waals surface area contributed by atoms with Crippen molar-refractivity contribution in [3.8, 4) is 0 Å². The van der Waals surface area contributed by atoms with Crippen LogP contribution in [0.4, 0.5) is 0 Å². The van der Waals surface area contributed by atoms with Gasteiger partial charge >= 0.3 is 0 Å². The predicted molar refractivity (Wildman–Crippen MR) is 45.0 cm³/mol. The van der Waals surface area contributed by atoms with E-state index in [1.54, 1.807) is 13.3 Å². The third kappa shape index (κ3) is 1.79. The molecule has 0 aromatic rings. The zero-order valence-electron chi connectivity index (χ0n) is 6.41. The van der Waals surface area contributed by atoms with Gasteiger partial charge in [0.2, 0.25) is 0 Å². The quantitative estimate of drug-likeness (QED) is 0.486. The minimum Gasteiger partial charge on any atom is -0.294 e. The fourth-order valence-electron chi connectivity index (χ4n) is 0.842. The smallest absolute Gasteiger partial charge is 0.0749 e. The molecule has 1 heterocycles. The summed E-state index contributed by atoms with van der Waals surface area (Å²) in [5.74, 6) is 0.592. The lowest BCUT2D eigenvalue weighted by atomic mass is 10.1. The fourth-order valence-corrected chi connectivity index (χ4v) is 0.842. The number of hydrogen-bond donors (Lipinski definition) is 0. The second kappa shape index (κ2) is 3.30. The second-order valence-corrected chi connectivity index (χ2v) is 2.49. The van der Waals surface area contributed by atoms with E-state index in [9.17, 15) is 0 Å². The Kier molecular flexibility index (Phi) is 2.37. The minimum atomic E-state index is 0.592. The highest BCUT2D eigenvalue weighted by atomic mass is 14.8. The van der Waals surface area contributed by atoms with Crippen molar-refractivity contribution in [2.24, 2.45) is 15.9 Å². The first kappa shape index (κ1) is 7.19. The first-order valence-corrected chi connectivity index (χ1v) is 3.47. The van der Waals surface area contributed by atoms with Crippen LogP contribution in [-0.2, 0) is 0 Å². The molecule has 10 heavy (non-hydrogen) atoms. The van der Waals surface area contributed by atoms with E-state index in [4.69, 9.17) is 0 Å². The van der Waals surface area contributed by atoms with Gasteiger partial charge in [0.05, 0.1) is 5.71 Å². The Hall–Kier alpha value is -0.920. The summed E-state index contributed by atoms with van der Waals surface area (Å²) in [4.78, 5) is 8.16. The lowest BCUT2D eigenvalue weighted by Gasteiger charge is -2.06. The molecule has 0 aliphatic carbocycles. The molecule has 0 aromatic carbocycles. The van der Waals surface area contributed by atoms with Gasteiger partial charge in [0.25, 0.3) is 0 Å². The second-order valence-electron chi connectivity index (χ2n) is 2.49. The van der Waals surface area contributed by atoms with Gasteiger partial charge in [0, 0.05) is 19.8 Å². The highest BCUT2D eigenvalue weighted by molar-refractivity contribution is 6.36. The monoisotopic (exact) mass is 136 g/mol. The van der Waals surface area contributed by atoms with Crippen LogP contribution in [0.1, 0.15) is 6.92 Å². The van der Waals surface area contributed by atoms with E-state index in [0.717, 1.165) is 12.3 Å². The van der Waals surface area contributed by atoms with Gasteiger partial charge < -0.3 is 0 Å². The molecule has 0 spiro atoms. The van der Waals surface area contributed by atoms with Crippen LogP contribution in [-0.4, -0.2) is 25.5 Å². The van der Waals surface area contributed by atoms with Crippen LogP contribution >= 0.6 is 0 Å². The topological polar surface area (TPSA) is 24.7 Å². The summed E-state index contributed by atoms with van der Waals surface area (Å²) in [6.45, 7) is 3.05. The van der Waals surface area contributed by atoms with Gasteiger partial charge in [-0.15, -0.1) is 0 Å². The number of dihydropyridines is 1. The van der Waals surface area contributed by atoms with Crippen molar-refractivity contribution in [2.45, 2.75) is 6.92 Å². The maximum absolute atomic E-state index is 4.28. The average molecular weight is 136 g/mol. The van der Waals surface area contributed by atoms with Crippen molar-refractivity contribution in [1.29, 1.82) is 0 Å². The average Bonchev–Trinajstić information content (AvgIpc) is 1.95. The Morgan fingerprint density at radius 2 is 2.60 bits per heavy atom. The van der Waals surface area contributed by atoms with Crippen LogP contribution in [0.5, 0.6) is 0 Å². The summed E-state index contributed by atoms with van der Waals surface area (Å²) in [7, 11) is 1.76. The van der Waals surface area contributed by atoms with Crippen molar-refractivity contribution < 1.29 is 0 Å². The lowest BCUT2D eigenvalue weighted by molar-refractivity contribution is 0.736. The molecule has 0 aromatic heterocycles. The van der Waals surface area contributed by atoms with Gasteiger partial charge in [0.15, 0.2) is 0 Å². The van der Waals surface area contributed by atoms with Crippen LogP contribution in [0.15, 0.2) is 22.1 Å². The van der Waals surface area contributed by atoms with Gasteiger partial charge in [-0.25, -0.2) is 0 Å². The number of rotatable bonds is 1. The van der Waals surface area contributed by atoms with Gasteiger partial charge in [-0.2, -0.15) is 0 Å². The van der Waals surface area contributed by atoms with Gasteiger partial charge in [-0.05, 0) is 12.0 Å². The van der Waals surface area contributed by atoms with Gasteiger partial charge in [0.1, 0.15) is 0 Å². The Morgan fingerprint density at radius 3 is 3.10 bits per heavy atom. The van der Waals surface area contributed by atoms with E-state index in [1.165, 1.54) is 0 Å². The maximum atomic E-state index is 4.28. The number of aliphatic imine (C=N–C) groups is 2. The van der Waals surface area contributed by atoms with E-state index in [2.05, 4.69) is 23.0 Å². The van der Waals surface area contributed by atoms with E-state index >= 15 is 0 Å². The molecule has 1 aliphatic rings. The summed E-state index contributed by atoms with van der Waals surface area (Å²) in [5.41, 5.74) is 0.987. The first-order valence-electron chi connectivity index (χ1n) is 3.47. The highest BCUT2D eigenvalue weighted by Gasteiger charge is 2.01. The van der Waals surface area contributed by atoms with E-state index in [-0.39, 0.29) is 0 Å². The molecule has 54 valence electrons. The molecule has 0 fully saturated rings. The molecule has 0 amide bonds. The van der Waals surface area contributed by atoms with Crippen LogP contribution < -0.4 is 0 Å². The number of allylic oxidation sites excluding steroid dienone is 1. The molecule has 0 saturated heterocycles. The zero-order chi connectivity index (χ0) is 7.40. The molecule has 0 N–H and O–H groups in total. The van der Waals surface area contributed by atoms with Crippen molar-refractivity contribution in [2.75, 3.05) is 13.6 Å². The summed E-state index contributed by atoms with van der Waals surface area (Å²) in [6, 6.07) is 0. The highest BCUT2D eigenvalue weighted by Crippen LogP contribution is 2.03. The molecule has 0 saturated carbocycles. The molecular formula is C8H12N2. The molecule has 0 bridgehead atoms. The van der Waals surface area contributed by atoms with Crippen molar-refractivity contribution in [1.82, 2.24) is 0 Å². The van der Waals surface area contributed by atoms with Crippen LogP contribution in [0.3, 0.4) is 0 Å². The van der Waals surface area contributed by atoms with E-state index in [0.29, 0.717) is 5.92 Å². The summed E-state index contributed by atoms with van der Waals surface area (Å²) in [5, 5.41) is 0. The molecule has 2 nitrogen and oxygen atoms in total. The van der Waals surface area contributed by atoms with Crippen molar-refractivity contribution in [3.05, 3.63) is 12.2 Å². The Labute approximate surface area is 61.4 Å². The Morgan fingerprint density at radius 1 is 1.80 bits per heavy atom. The van der Waals surface area contributed by atoms with E-state index < -0.39 is 0 Å². The number of hydrogen-bond acceptors (Lipinski definition) is 2. The summed E-state index contributed by atoms with van der Waals surface area (Å²) >= 11 is 0. The summed E-state index contributed by atoms with van der Waals surface area (Å²) < 4.78 is 0. The third-order valence-electron chi connectivity index (χ3n) is 1.42. The third-order valence-corrected chi connectivity index (χ3v) is 1.42. The molecule has 1 atom stereocenters. The SMILES string of the molecule is CN=CC1=NCC(C)C=C1. The molecule has 1 aliphatic heterocycles. The largest absolute Gasteiger partial charge is 0.294 e. The van der Waals surface area contributed by atoms with Crippen LogP contribution in [0.25, 0.3) is 0 Å². The van der Waals surface area contributed by atoms with Crippen LogP contribution in [0, 0.1) is 5.92 Å². The normalized spacial score (nSPS) is 25.4. The fraction of sp³-hybridized carbons (Fsp3) is 0.500. The Balaban J connectivity index is 2.58. The molecular weight excluding hydrogens is 124 g/mol. The lowest BCUT2D eigenvalue weighted by Crippen LogP contribution is -2.07. The molecule has 0 radical (unpaired) electrons. The molecule has 1 rings (SSSR count). The summed E-state index contributed by atoms with van der Waals surface area (Å²) in [6.07, 6.45) is 5.95.